The second-order valence-corrected chi connectivity index (χ2v) is 4.78. The van der Waals surface area contributed by atoms with Crippen molar-refractivity contribution in [2.75, 3.05) is 25.1 Å². The first-order chi connectivity index (χ1) is 6.16. The lowest BCUT2D eigenvalue weighted by atomic mass is 10.3. The lowest BCUT2D eigenvalue weighted by molar-refractivity contribution is 0.685. The molecule has 0 aromatic heterocycles. The molecule has 2 N–H and O–H groups in total. The molecule has 0 aliphatic rings. The first-order valence-corrected chi connectivity index (χ1v) is 6.62. The molecule has 0 radical (unpaired) electrons. The Morgan fingerprint density at radius 1 is 1.38 bits per heavy atom. The Kier molecular flexibility index (Phi) is 8.33. The van der Waals surface area contributed by atoms with Crippen LogP contribution in [0.4, 0.5) is 0 Å². The maximum absolute atomic E-state index is 10.7. The van der Waals surface area contributed by atoms with E-state index >= 15 is 0 Å². The average molecular weight is 222 g/mol. The summed E-state index contributed by atoms with van der Waals surface area (Å²) in [7, 11) is -0.739. The first kappa shape index (κ1) is 12.8. The molecular weight excluding hydrogens is 204 g/mol. The van der Waals surface area contributed by atoms with Gasteiger partial charge in [-0.05, 0) is 18.6 Å². The van der Waals surface area contributed by atoms with Crippen molar-refractivity contribution in [1.82, 2.24) is 10.6 Å². The SMILES string of the molecule is CCCCNC(=S)NCCS(C)=O. The zero-order valence-corrected chi connectivity index (χ0v) is 9.89. The molecule has 0 rings (SSSR count). The number of nitrogens with one attached hydrogen (secondary N) is 2. The van der Waals surface area contributed by atoms with Gasteiger partial charge >= 0.3 is 0 Å². The van der Waals surface area contributed by atoms with Gasteiger partial charge in [0.2, 0.25) is 0 Å². The number of rotatable bonds is 6. The van der Waals surface area contributed by atoms with Gasteiger partial charge in [0, 0.05) is 35.9 Å². The minimum Gasteiger partial charge on any atom is -0.363 e. The highest BCUT2D eigenvalue weighted by Gasteiger charge is 1.94. The number of unbranched alkanes of at least 4 members (excludes halogenated alkanes) is 1. The second-order valence-electron chi connectivity index (χ2n) is 2.81. The van der Waals surface area contributed by atoms with Crippen LogP contribution in [0.25, 0.3) is 0 Å². The van der Waals surface area contributed by atoms with E-state index in [1.807, 2.05) is 0 Å². The van der Waals surface area contributed by atoms with Crippen molar-refractivity contribution in [3.63, 3.8) is 0 Å². The van der Waals surface area contributed by atoms with Crippen molar-refractivity contribution in [2.45, 2.75) is 19.8 Å². The summed E-state index contributed by atoms with van der Waals surface area (Å²) < 4.78 is 10.7. The molecule has 1 atom stereocenters. The maximum Gasteiger partial charge on any atom is 0.166 e. The number of thiocarbonyl (C=S) groups is 1. The molecule has 13 heavy (non-hydrogen) atoms. The summed E-state index contributed by atoms with van der Waals surface area (Å²) in [6.45, 7) is 3.73. The molecule has 0 saturated heterocycles. The molecule has 0 fully saturated rings. The molecule has 0 spiro atoms. The highest BCUT2D eigenvalue weighted by Crippen LogP contribution is 1.82. The molecule has 78 valence electrons. The van der Waals surface area contributed by atoms with Gasteiger partial charge in [0.05, 0.1) is 0 Å². The van der Waals surface area contributed by atoms with Crippen molar-refractivity contribution < 1.29 is 4.21 Å². The van der Waals surface area contributed by atoms with Gasteiger partial charge in [-0.2, -0.15) is 0 Å². The fraction of sp³-hybridized carbons (Fsp3) is 0.875. The van der Waals surface area contributed by atoms with Gasteiger partial charge in [0.25, 0.3) is 0 Å². The fourth-order valence-electron chi connectivity index (χ4n) is 0.749. The van der Waals surface area contributed by atoms with Crippen LogP contribution in [-0.4, -0.2) is 34.4 Å². The Labute approximate surface area is 88.1 Å². The Morgan fingerprint density at radius 2 is 2.00 bits per heavy atom. The predicted octanol–water partition coefficient (Wildman–Crippen LogP) is 0.629. The van der Waals surface area contributed by atoms with Crippen molar-refractivity contribution in [2.24, 2.45) is 0 Å². The van der Waals surface area contributed by atoms with Gasteiger partial charge < -0.3 is 10.6 Å². The van der Waals surface area contributed by atoms with Crippen molar-refractivity contribution in [3.05, 3.63) is 0 Å². The van der Waals surface area contributed by atoms with Crippen LogP contribution < -0.4 is 10.6 Å². The van der Waals surface area contributed by atoms with E-state index in [2.05, 4.69) is 17.6 Å². The summed E-state index contributed by atoms with van der Waals surface area (Å²) in [5, 5.41) is 6.74. The van der Waals surface area contributed by atoms with Crippen LogP contribution >= 0.6 is 12.2 Å². The van der Waals surface area contributed by atoms with Crippen LogP contribution in [-0.2, 0) is 10.8 Å². The van der Waals surface area contributed by atoms with E-state index in [1.54, 1.807) is 6.26 Å². The third-order valence-corrected chi connectivity index (χ3v) is 2.56. The molecule has 0 aromatic carbocycles. The molecule has 0 bridgehead atoms. The number of hydrogen-bond acceptors (Lipinski definition) is 2. The first-order valence-electron chi connectivity index (χ1n) is 4.48. The third-order valence-electron chi connectivity index (χ3n) is 1.49. The zero-order chi connectivity index (χ0) is 10.1. The summed E-state index contributed by atoms with van der Waals surface area (Å²) >= 11 is 5.00. The van der Waals surface area contributed by atoms with E-state index in [-0.39, 0.29) is 0 Å². The molecule has 5 heteroatoms. The van der Waals surface area contributed by atoms with E-state index in [4.69, 9.17) is 12.2 Å². The summed E-state index contributed by atoms with van der Waals surface area (Å²) in [5.41, 5.74) is 0. The van der Waals surface area contributed by atoms with Crippen LogP contribution in [0.5, 0.6) is 0 Å². The van der Waals surface area contributed by atoms with E-state index in [1.165, 1.54) is 0 Å². The number of hydrogen-bond donors (Lipinski definition) is 2. The molecule has 0 heterocycles. The summed E-state index contributed by atoms with van der Waals surface area (Å²) in [4.78, 5) is 0. The van der Waals surface area contributed by atoms with Crippen LogP contribution in [0.15, 0.2) is 0 Å². The standard InChI is InChI=1S/C8H18N2OS2/c1-3-4-5-9-8(12)10-6-7-13(2)11/h3-7H2,1-2H3,(H2,9,10,12). The van der Waals surface area contributed by atoms with Crippen LogP contribution in [0.3, 0.4) is 0 Å². The van der Waals surface area contributed by atoms with Gasteiger partial charge in [0.15, 0.2) is 5.11 Å². The normalized spacial score (nSPS) is 12.2. The van der Waals surface area contributed by atoms with Gasteiger partial charge in [0.1, 0.15) is 0 Å². The predicted molar refractivity (Wildman–Crippen MR) is 62.4 cm³/mol. The highest BCUT2D eigenvalue weighted by atomic mass is 32.2. The Hall–Kier alpha value is -0.160. The molecule has 0 aliphatic carbocycles. The van der Waals surface area contributed by atoms with Gasteiger partial charge in [-0.15, -0.1) is 0 Å². The molecule has 1 unspecified atom stereocenters. The van der Waals surface area contributed by atoms with E-state index in [0.717, 1.165) is 19.4 Å². The average Bonchev–Trinajstić information content (AvgIpc) is 2.04. The van der Waals surface area contributed by atoms with Gasteiger partial charge in [-0.1, -0.05) is 13.3 Å². The van der Waals surface area contributed by atoms with E-state index in [0.29, 0.717) is 17.4 Å². The second kappa shape index (κ2) is 8.44. The van der Waals surface area contributed by atoms with Crippen LogP contribution in [0.2, 0.25) is 0 Å². The smallest absolute Gasteiger partial charge is 0.166 e. The summed E-state index contributed by atoms with van der Waals surface area (Å²) in [6, 6.07) is 0. The molecule has 0 aromatic rings. The molecule has 3 nitrogen and oxygen atoms in total. The summed E-state index contributed by atoms with van der Waals surface area (Å²) in [6.07, 6.45) is 3.98. The van der Waals surface area contributed by atoms with Gasteiger partial charge in [-0.25, -0.2) is 0 Å². The highest BCUT2D eigenvalue weighted by molar-refractivity contribution is 7.84. The lowest BCUT2D eigenvalue weighted by Gasteiger charge is -2.08. The van der Waals surface area contributed by atoms with Crippen molar-refractivity contribution in [3.8, 4) is 0 Å². The zero-order valence-electron chi connectivity index (χ0n) is 8.26. The van der Waals surface area contributed by atoms with E-state index < -0.39 is 10.8 Å². The molecule has 0 amide bonds. The van der Waals surface area contributed by atoms with Crippen LogP contribution in [0.1, 0.15) is 19.8 Å². The maximum atomic E-state index is 10.7. The van der Waals surface area contributed by atoms with Crippen LogP contribution in [0, 0.1) is 0 Å². The Morgan fingerprint density at radius 3 is 2.54 bits per heavy atom. The monoisotopic (exact) mass is 222 g/mol. The third kappa shape index (κ3) is 9.76. The van der Waals surface area contributed by atoms with Gasteiger partial charge in [-0.3, -0.25) is 4.21 Å². The van der Waals surface area contributed by atoms with Crippen molar-refractivity contribution >= 4 is 28.1 Å². The minimum atomic E-state index is -0.739. The largest absolute Gasteiger partial charge is 0.363 e. The Balaban J connectivity index is 3.25. The molecular formula is C8H18N2OS2. The lowest BCUT2D eigenvalue weighted by Crippen LogP contribution is -2.37. The quantitative estimate of drug-likeness (QED) is 0.511. The summed E-state index contributed by atoms with van der Waals surface area (Å²) in [5.74, 6) is 0.648. The fourth-order valence-corrected chi connectivity index (χ4v) is 1.34. The molecule has 0 aliphatic heterocycles. The minimum absolute atomic E-state index is 0.648. The molecule has 0 saturated carbocycles. The topological polar surface area (TPSA) is 41.1 Å². The Bertz CT molecular complexity index is 174. The van der Waals surface area contributed by atoms with Crippen molar-refractivity contribution in [1.29, 1.82) is 0 Å². The van der Waals surface area contributed by atoms with E-state index in [9.17, 15) is 4.21 Å².